The molecule has 1 unspecified atom stereocenters. The van der Waals surface area contributed by atoms with Crippen LogP contribution in [0.3, 0.4) is 0 Å². The number of pyridine rings is 1. The third-order valence-corrected chi connectivity index (χ3v) is 1.90. The predicted octanol–water partition coefficient (Wildman–Crippen LogP) is 1.11. The largest absolute Gasteiger partial charge is 0.392 e. The smallest absolute Gasteiger partial charge is 0.0636 e. The highest BCUT2D eigenvalue weighted by atomic mass is 16.3. The minimum Gasteiger partial charge on any atom is -0.392 e. The lowest BCUT2D eigenvalue weighted by atomic mass is 10.1. The third-order valence-electron chi connectivity index (χ3n) is 1.90. The Labute approximate surface area is 78.8 Å². The summed E-state index contributed by atoms with van der Waals surface area (Å²) in [6.45, 7) is 4.43. The highest BCUT2D eigenvalue weighted by molar-refractivity contribution is 5.12. The van der Waals surface area contributed by atoms with Gasteiger partial charge >= 0.3 is 0 Å². The topological polar surface area (TPSA) is 45.1 Å². The van der Waals surface area contributed by atoms with Crippen molar-refractivity contribution in [3.8, 4) is 0 Å². The summed E-state index contributed by atoms with van der Waals surface area (Å²) in [5.41, 5.74) is 1.14. The fraction of sp³-hybridized carbons (Fsp3) is 0.500. The molecule has 3 nitrogen and oxygen atoms in total. The second kappa shape index (κ2) is 4.94. The molecule has 72 valence electrons. The molecule has 0 aliphatic rings. The maximum absolute atomic E-state index is 9.07. The molecule has 0 aliphatic carbocycles. The molecule has 0 fully saturated rings. The standard InChI is InChI=1S/C10H16N2O/c1-8(13)6-12-9(2)10-4-3-5-11-7-10/h3-5,7-9,12-13H,6H2,1-2H3/t8?,9-/m0/s1. The maximum atomic E-state index is 9.07. The first kappa shape index (κ1) is 10.2. The highest BCUT2D eigenvalue weighted by Crippen LogP contribution is 2.08. The molecule has 0 bridgehead atoms. The molecule has 0 aromatic carbocycles. The van der Waals surface area contributed by atoms with Gasteiger partial charge in [-0.25, -0.2) is 0 Å². The molecule has 1 rings (SSSR count). The van der Waals surface area contributed by atoms with Gasteiger partial charge in [0.1, 0.15) is 0 Å². The third kappa shape index (κ3) is 3.53. The van der Waals surface area contributed by atoms with Crippen molar-refractivity contribution in [2.45, 2.75) is 26.0 Å². The van der Waals surface area contributed by atoms with Crippen LogP contribution in [0.1, 0.15) is 25.5 Å². The number of rotatable bonds is 4. The van der Waals surface area contributed by atoms with Gasteiger partial charge in [0.05, 0.1) is 6.10 Å². The fourth-order valence-electron chi connectivity index (χ4n) is 1.10. The van der Waals surface area contributed by atoms with E-state index in [4.69, 9.17) is 5.11 Å². The van der Waals surface area contributed by atoms with E-state index in [0.29, 0.717) is 6.54 Å². The van der Waals surface area contributed by atoms with Crippen LogP contribution in [-0.4, -0.2) is 22.7 Å². The van der Waals surface area contributed by atoms with Crippen LogP contribution in [0.5, 0.6) is 0 Å². The zero-order valence-corrected chi connectivity index (χ0v) is 8.07. The van der Waals surface area contributed by atoms with E-state index in [9.17, 15) is 0 Å². The summed E-state index contributed by atoms with van der Waals surface area (Å²) in [7, 11) is 0. The van der Waals surface area contributed by atoms with Gasteiger partial charge in [0.15, 0.2) is 0 Å². The summed E-state index contributed by atoms with van der Waals surface area (Å²) in [6, 6.07) is 4.17. The molecule has 2 atom stereocenters. The number of aromatic nitrogens is 1. The van der Waals surface area contributed by atoms with Crippen LogP contribution in [0.4, 0.5) is 0 Å². The van der Waals surface area contributed by atoms with Crippen LogP contribution in [0, 0.1) is 0 Å². The minimum absolute atomic E-state index is 0.239. The van der Waals surface area contributed by atoms with Crippen LogP contribution < -0.4 is 5.32 Å². The number of hydrogen-bond donors (Lipinski definition) is 2. The molecule has 0 saturated heterocycles. The van der Waals surface area contributed by atoms with Gasteiger partial charge in [-0.05, 0) is 25.5 Å². The quantitative estimate of drug-likeness (QED) is 0.729. The Morgan fingerprint density at radius 2 is 2.31 bits per heavy atom. The van der Waals surface area contributed by atoms with E-state index in [0.717, 1.165) is 5.56 Å². The first-order valence-electron chi connectivity index (χ1n) is 4.51. The van der Waals surface area contributed by atoms with Gasteiger partial charge in [-0.15, -0.1) is 0 Å². The number of aliphatic hydroxyl groups excluding tert-OH is 1. The molecule has 3 heteroatoms. The molecular weight excluding hydrogens is 164 g/mol. The van der Waals surface area contributed by atoms with Crippen molar-refractivity contribution in [3.05, 3.63) is 30.1 Å². The van der Waals surface area contributed by atoms with Crippen molar-refractivity contribution in [2.24, 2.45) is 0 Å². The fourth-order valence-corrected chi connectivity index (χ4v) is 1.10. The molecule has 0 aliphatic heterocycles. The Morgan fingerprint density at radius 1 is 1.54 bits per heavy atom. The van der Waals surface area contributed by atoms with Crippen LogP contribution in [-0.2, 0) is 0 Å². The lowest BCUT2D eigenvalue weighted by molar-refractivity contribution is 0.187. The maximum Gasteiger partial charge on any atom is 0.0636 e. The van der Waals surface area contributed by atoms with E-state index in [2.05, 4.69) is 17.2 Å². The summed E-state index contributed by atoms with van der Waals surface area (Å²) in [5, 5.41) is 12.3. The average Bonchev–Trinajstić information content (AvgIpc) is 2.15. The lowest BCUT2D eigenvalue weighted by Crippen LogP contribution is -2.27. The summed E-state index contributed by atoms with van der Waals surface area (Å²) in [4.78, 5) is 4.03. The number of hydrogen-bond acceptors (Lipinski definition) is 3. The van der Waals surface area contributed by atoms with Crippen molar-refractivity contribution < 1.29 is 5.11 Å². The Kier molecular flexibility index (Phi) is 3.86. The summed E-state index contributed by atoms with van der Waals surface area (Å²) >= 11 is 0. The first-order chi connectivity index (χ1) is 6.20. The summed E-state index contributed by atoms with van der Waals surface area (Å²) in [6.07, 6.45) is 3.28. The Hall–Kier alpha value is -0.930. The molecule has 1 aromatic rings. The SMILES string of the molecule is CC(O)CN[C@@H](C)c1cccnc1. The van der Waals surface area contributed by atoms with Crippen LogP contribution in [0.25, 0.3) is 0 Å². The van der Waals surface area contributed by atoms with Crippen molar-refractivity contribution in [1.82, 2.24) is 10.3 Å². The van der Waals surface area contributed by atoms with Gasteiger partial charge in [0.2, 0.25) is 0 Å². The first-order valence-corrected chi connectivity index (χ1v) is 4.51. The number of nitrogens with zero attached hydrogens (tertiary/aromatic N) is 1. The van der Waals surface area contributed by atoms with Gasteiger partial charge in [-0.2, -0.15) is 0 Å². The lowest BCUT2D eigenvalue weighted by Gasteiger charge is -2.14. The van der Waals surface area contributed by atoms with Crippen molar-refractivity contribution in [2.75, 3.05) is 6.54 Å². The van der Waals surface area contributed by atoms with Gasteiger partial charge in [-0.1, -0.05) is 6.07 Å². The van der Waals surface area contributed by atoms with Crippen LogP contribution in [0.2, 0.25) is 0 Å². The highest BCUT2D eigenvalue weighted by Gasteiger charge is 2.04. The molecule has 0 spiro atoms. The molecule has 1 aromatic heterocycles. The Morgan fingerprint density at radius 3 is 2.85 bits per heavy atom. The second-order valence-corrected chi connectivity index (χ2v) is 3.27. The number of nitrogens with one attached hydrogen (secondary N) is 1. The normalized spacial score (nSPS) is 15.3. The summed E-state index contributed by atoms with van der Waals surface area (Å²) in [5.74, 6) is 0. The van der Waals surface area contributed by atoms with Gasteiger partial charge < -0.3 is 10.4 Å². The van der Waals surface area contributed by atoms with Gasteiger partial charge in [0, 0.05) is 25.0 Å². The molecule has 0 radical (unpaired) electrons. The zero-order chi connectivity index (χ0) is 9.68. The van der Waals surface area contributed by atoms with Crippen molar-refractivity contribution in [3.63, 3.8) is 0 Å². The average molecular weight is 180 g/mol. The van der Waals surface area contributed by atoms with E-state index < -0.39 is 0 Å². The second-order valence-electron chi connectivity index (χ2n) is 3.27. The van der Waals surface area contributed by atoms with Crippen molar-refractivity contribution >= 4 is 0 Å². The van der Waals surface area contributed by atoms with E-state index in [1.165, 1.54) is 0 Å². The molecule has 1 heterocycles. The molecule has 0 amide bonds. The summed E-state index contributed by atoms with van der Waals surface area (Å²) < 4.78 is 0. The molecular formula is C10H16N2O. The van der Waals surface area contributed by atoms with E-state index in [1.807, 2.05) is 18.3 Å². The predicted molar refractivity (Wildman–Crippen MR) is 52.3 cm³/mol. The van der Waals surface area contributed by atoms with E-state index >= 15 is 0 Å². The zero-order valence-electron chi connectivity index (χ0n) is 8.07. The Balaban J connectivity index is 2.44. The van der Waals surface area contributed by atoms with Gasteiger partial charge in [0.25, 0.3) is 0 Å². The Bertz CT molecular complexity index is 236. The van der Waals surface area contributed by atoms with E-state index in [1.54, 1.807) is 13.1 Å². The van der Waals surface area contributed by atoms with Crippen LogP contribution in [0.15, 0.2) is 24.5 Å². The van der Waals surface area contributed by atoms with Gasteiger partial charge in [-0.3, -0.25) is 4.98 Å². The minimum atomic E-state index is -0.306. The number of aliphatic hydroxyl groups is 1. The molecule has 2 N–H and O–H groups in total. The van der Waals surface area contributed by atoms with E-state index in [-0.39, 0.29) is 12.1 Å². The van der Waals surface area contributed by atoms with Crippen LogP contribution >= 0.6 is 0 Å². The molecule has 13 heavy (non-hydrogen) atoms. The molecule has 0 saturated carbocycles. The van der Waals surface area contributed by atoms with Crippen molar-refractivity contribution in [1.29, 1.82) is 0 Å². The monoisotopic (exact) mass is 180 g/mol.